The Bertz CT molecular complexity index is 409. The molecule has 0 aromatic rings. The van der Waals surface area contributed by atoms with E-state index in [0.29, 0.717) is 17.8 Å². The van der Waals surface area contributed by atoms with E-state index >= 15 is 0 Å². The molecule has 1 spiro atoms. The van der Waals surface area contributed by atoms with Gasteiger partial charge in [-0.05, 0) is 51.9 Å². The Morgan fingerprint density at radius 1 is 0.947 bits per heavy atom. The smallest absolute Gasteiger partial charge is 0.201 e. The van der Waals surface area contributed by atoms with Gasteiger partial charge in [0.15, 0.2) is 11.9 Å². The van der Waals surface area contributed by atoms with Crippen LogP contribution in [0, 0.1) is 17.8 Å². The largest absolute Gasteiger partial charge is 0.343 e. The number of hydrogen-bond donors (Lipinski definition) is 0. The van der Waals surface area contributed by atoms with Gasteiger partial charge < -0.3 is 9.47 Å². The van der Waals surface area contributed by atoms with Crippen LogP contribution >= 0.6 is 0 Å². The number of hydrogen-bond acceptors (Lipinski definition) is 4. The van der Waals surface area contributed by atoms with E-state index in [0.717, 1.165) is 19.3 Å². The van der Waals surface area contributed by atoms with Crippen LogP contribution in [0.4, 0.5) is 0 Å². The molecule has 0 aromatic heterocycles. The van der Waals surface area contributed by atoms with Crippen molar-refractivity contribution >= 4 is 0 Å². The SMILES string of the molecule is C[C@@H]1CC[C@H]2C(C)(C)OC3O[C@@]4(C)CC[C@@H]1[C@]32OO4. The summed E-state index contributed by atoms with van der Waals surface area (Å²) in [6, 6.07) is 0. The highest BCUT2D eigenvalue weighted by molar-refractivity contribution is 5.13. The van der Waals surface area contributed by atoms with E-state index in [1.807, 2.05) is 6.92 Å². The number of fused-ring (bicyclic) bond motifs is 2. The molecule has 6 atom stereocenters. The Morgan fingerprint density at radius 2 is 1.74 bits per heavy atom. The predicted octanol–water partition coefficient (Wildman–Crippen LogP) is 3.01. The zero-order chi connectivity index (χ0) is 13.5. The highest BCUT2D eigenvalue weighted by Gasteiger charge is 2.72. The lowest BCUT2D eigenvalue weighted by atomic mass is 9.60. The Morgan fingerprint density at radius 3 is 2.53 bits per heavy atom. The van der Waals surface area contributed by atoms with Crippen molar-refractivity contribution in [2.24, 2.45) is 17.8 Å². The predicted molar refractivity (Wildman–Crippen MR) is 68.0 cm³/mol. The molecule has 5 aliphatic rings. The summed E-state index contributed by atoms with van der Waals surface area (Å²) in [5.41, 5.74) is -0.591. The average molecular weight is 268 g/mol. The van der Waals surface area contributed by atoms with Crippen molar-refractivity contribution in [3.8, 4) is 0 Å². The van der Waals surface area contributed by atoms with Gasteiger partial charge >= 0.3 is 0 Å². The molecule has 4 nitrogen and oxygen atoms in total. The second-order valence-corrected chi connectivity index (χ2v) is 7.58. The summed E-state index contributed by atoms with van der Waals surface area (Å²) in [6.45, 7) is 8.63. The molecule has 5 rings (SSSR count). The van der Waals surface area contributed by atoms with Crippen LogP contribution in [0.15, 0.2) is 0 Å². The van der Waals surface area contributed by atoms with E-state index < -0.39 is 11.4 Å². The Labute approximate surface area is 114 Å². The van der Waals surface area contributed by atoms with E-state index in [-0.39, 0.29) is 11.9 Å². The van der Waals surface area contributed by atoms with Crippen molar-refractivity contribution < 1.29 is 19.2 Å². The molecule has 4 aliphatic heterocycles. The van der Waals surface area contributed by atoms with Gasteiger partial charge in [0.1, 0.15) is 0 Å². The van der Waals surface area contributed by atoms with Crippen LogP contribution in [0.25, 0.3) is 0 Å². The topological polar surface area (TPSA) is 36.9 Å². The zero-order valence-electron chi connectivity index (χ0n) is 12.3. The average Bonchev–Trinajstić information content (AvgIpc) is 2.45. The van der Waals surface area contributed by atoms with E-state index in [9.17, 15) is 0 Å². The van der Waals surface area contributed by atoms with Crippen molar-refractivity contribution in [3.63, 3.8) is 0 Å². The van der Waals surface area contributed by atoms with Crippen molar-refractivity contribution in [1.82, 2.24) is 0 Å². The molecule has 1 saturated carbocycles. The fourth-order valence-electron chi connectivity index (χ4n) is 4.95. The summed E-state index contributed by atoms with van der Waals surface area (Å²) in [5, 5.41) is 0. The van der Waals surface area contributed by atoms with Crippen molar-refractivity contribution in [3.05, 3.63) is 0 Å². The van der Waals surface area contributed by atoms with Gasteiger partial charge in [0.25, 0.3) is 0 Å². The Hall–Kier alpha value is -0.160. The summed E-state index contributed by atoms with van der Waals surface area (Å²) in [5.74, 6) is 0.831. The minimum absolute atomic E-state index is 0.199. The molecule has 1 aliphatic carbocycles. The van der Waals surface area contributed by atoms with Gasteiger partial charge in [0.2, 0.25) is 5.79 Å². The van der Waals surface area contributed by atoms with E-state index in [1.165, 1.54) is 6.42 Å². The molecule has 1 unspecified atom stereocenters. The third-order valence-electron chi connectivity index (χ3n) is 5.97. The molecular weight excluding hydrogens is 244 g/mol. The quantitative estimate of drug-likeness (QED) is 0.633. The first kappa shape index (κ1) is 12.6. The molecule has 0 amide bonds. The number of rotatable bonds is 0. The van der Waals surface area contributed by atoms with Gasteiger partial charge in [-0.15, -0.1) is 0 Å². The lowest BCUT2D eigenvalue weighted by Crippen LogP contribution is -2.61. The summed E-state index contributed by atoms with van der Waals surface area (Å²) in [7, 11) is 0. The van der Waals surface area contributed by atoms with Crippen LogP contribution in [0.5, 0.6) is 0 Å². The summed E-state index contributed by atoms with van der Waals surface area (Å²) < 4.78 is 12.4. The first-order valence-electron chi connectivity index (χ1n) is 7.60. The Kier molecular flexibility index (Phi) is 2.34. The second kappa shape index (κ2) is 3.53. The van der Waals surface area contributed by atoms with Crippen molar-refractivity contribution in [2.45, 2.75) is 76.7 Å². The fourth-order valence-corrected chi connectivity index (χ4v) is 4.95. The molecule has 19 heavy (non-hydrogen) atoms. The molecule has 0 N–H and O–H groups in total. The molecule has 4 saturated heterocycles. The van der Waals surface area contributed by atoms with Crippen LogP contribution in [0.3, 0.4) is 0 Å². The maximum Gasteiger partial charge on any atom is 0.201 e. The van der Waals surface area contributed by atoms with Crippen LogP contribution < -0.4 is 0 Å². The highest BCUT2D eigenvalue weighted by atomic mass is 17.3. The normalized spacial score (nSPS) is 58.7. The van der Waals surface area contributed by atoms with E-state index in [2.05, 4.69) is 20.8 Å². The van der Waals surface area contributed by atoms with Gasteiger partial charge in [-0.2, -0.15) is 0 Å². The zero-order valence-corrected chi connectivity index (χ0v) is 12.3. The summed E-state index contributed by atoms with van der Waals surface area (Å²) in [4.78, 5) is 11.7. The third-order valence-corrected chi connectivity index (χ3v) is 5.97. The molecule has 2 bridgehead atoms. The molecule has 108 valence electrons. The first-order valence-corrected chi connectivity index (χ1v) is 7.60. The minimum atomic E-state index is -0.641. The van der Waals surface area contributed by atoms with Crippen LogP contribution in [0.2, 0.25) is 0 Å². The molecule has 4 heteroatoms. The third kappa shape index (κ3) is 1.44. The van der Waals surface area contributed by atoms with Gasteiger partial charge in [-0.1, -0.05) is 6.92 Å². The van der Waals surface area contributed by atoms with E-state index in [4.69, 9.17) is 19.2 Å². The van der Waals surface area contributed by atoms with Gasteiger partial charge in [-0.25, -0.2) is 9.78 Å². The fraction of sp³-hybridized carbons (Fsp3) is 1.00. The van der Waals surface area contributed by atoms with Crippen molar-refractivity contribution in [1.29, 1.82) is 0 Å². The second-order valence-electron chi connectivity index (χ2n) is 7.58. The maximum absolute atomic E-state index is 6.26. The van der Waals surface area contributed by atoms with Gasteiger partial charge in [-0.3, -0.25) is 0 Å². The van der Waals surface area contributed by atoms with Crippen LogP contribution in [0.1, 0.15) is 53.4 Å². The summed E-state index contributed by atoms with van der Waals surface area (Å²) >= 11 is 0. The van der Waals surface area contributed by atoms with Crippen molar-refractivity contribution in [2.75, 3.05) is 0 Å². The lowest BCUT2D eigenvalue weighted by Gasteiger charge is -2.50. The molecule has 0 radical (unpaired) electrons. The monoisotopic (exact) mass is 268 g/mol. The van der Waals surface area contributed by atoms with Gasteiger partial charge in [0, 0.05) is 12.3 Å². The number of ether oxygens (including phenoxy) is 2. The van der Waals surface area contributed by atoms with Crippen LogP contribution in [-0.4, -0.2) is 23.3 Å². The molecule has 0 aromatic carbocycles. The molecule has 5 fully saturated rings. The summed E-state index contributed by atoms with van der Waals surface area (Å²) in [6.07, 6.45) is 4.09. The van der Waals surface area contributed by atoms with E-state index in [1.54, 1.807) is 0 Å². The highest BCUT2D eigenvalue weighted by Crippen LogP contribution is 2.63. The van der Waals surface area contributed by atoms with Crippen LogP contribution in [-0.2, 0) is 19.2 Å². The van der Waals surface area contributed by atoms with Gasteiger partial charge in [0.05, 0.1) is 5.60 Å². The Balaban J connectivity index is 1.85. The standard InChI is InChI=1S/C15H24O4/c1-9-5-6-11-13(2,3)16-12-15(11)10(9)7-8-14(4,17-12)18-19-15/h9-12H,5-8H2,1-4H3/t9-,10+,11+,12?,14-,15-/m1/s1. The maximum atomic E-state index is 6.26. The molecular formula is C15H24O4. The molecule has 4 heterocycles. The lowest BCUT2D eigenvalue weighted by molar-refractivity contribution is -0.541. The first-order chi connectivity index (χ1) is 8.87. The minimum Gasteiger partial charge on any atom is -0.343 e.